The van der Waals surface area contributed by atoms with Crippen LogP contribution in [0, 0.1) is 0 Å². The lowest BCUT2D eigenvalue weighted by Crippen LogP contribution is -2.25. The first-order chi connectivity index (χ1) is 12.0. The van der Waals surface area contributed by atoms with E-state index in [1.165, 1.54) is 0 Å². The van der Waals surface area contributed by atoms with Crippen LogP contribution in [-0.4, -0.2) is 30.6 Å². The van der Waals surface area contributed by atoms with Crippen molar-refractivity contribution in [1.29, 1.82) is 0 Å². The minimum absolute atomic E-state index is 0.0332. The summed E-state index contributed by atoms with van der Waals surface area (Å²) < 4.78 is 5.10. The molecule has 0 aliphatic carbocycles. The van der Waals surface area contributed by atoms with Gasteiger partial charge in [-0.05, 0) is 48.2 Å². The number of nitrogens with one attached hydrogen (secondary N) is 1. The third-order valence-electron chi connectivity index (χ3n) is 3.79. The van der Waals surface area contributed by atoms with E-state index < -0.39 is 5.97 Å². The Morgan fingerprint density at radius 3 is 2.36 bits per heavy atom. The second-order valence-electron chi connectivity index (χ2n) is 5.57. The van der Waals surface area contributed by atoms with Gasteiger partial charge in [0.1, 0.15) is 5.75 Å². The number of ether oxygens (including phenoxy) is 1. The third kappa shape index (κ3) is 5.80. The molecule has 2 aromatic rings. The van der Waals surface area contributed by atoms with Crippen LogP contribution in [0.2, 0.25) is 5.02 Å². The first-order valence-corrected chi connectivity index (χ1v) is 8.28. The van der Waals surface area contributed by atoms with Crippen LogP contribution in [-0.2, 0) is 17.6 Å². The number of benzene rings is 2. The van der Waals surface area contributed by atoms with Crippen LogP contribution in [0.4, 0.5) is 0 Å². The van der Waals surface area contributed by atoms with E-state index in [0.29, 0.717) is 36.6 Å². The van der Waals surface area contributed by atoms with Crippen molar-refractivity contribution in [2.45, 2.75) is 19.3 Å². The maximum atomic E-state index is 11.9. The maximum absolute atomic E-state index is 11.9. The molecule has 0 aliphatic rings. The molecule has 0 atom stereocenters. The smallest absolute Gasteiger partial charge is 0.335 e. The number of aromatic carboxylic acids is 1. The topological polar surface area (TPSA) is 75.6 Å². The Bertz CT molecular complexity index is 744. The first-order valence-electron chi connectivity index (χ1n) is 7.91. The predicted molar refractivity (Wildman–Crippen MR) is 96.4 cm³/mol. The molecule has 0 aliphatic heterocycles. The molecule has 0 saturated carbocycles. The Labute approximate surface area is 151 Å². The van der Waals surface area contributed by atoms with Gasteiger partial charge < -0.3 is 15.2 Å². The molecule has 6 heteroatoms. The Morgan fingerprint density at radius 2 is 1.76 bits per heavy atom. The van der Waals surface area contributed by atoms with E-state index in [9.17, 15) is 9.59 Å². The fraction of sp³-hybridized carbons (Fsp3) is 0.263. The van der Waals surface area contributed by atoms with E-state index in [0.717, 1.165) is 11.1 Å². The monoisotopic (exact) mass is 361 g/mol. The number of carboxylic acid groups (broad SMARTS) is 1. The van der Waals surface area contributed by atoms with Crippen molar-refractivity contribution in [2.24, 2.45) is 0 Å². The second kappa shape index (κ2) is 9.08. The molecule has 0 heterocycles. The number of methoxy groups -OCH3 is 1. The quantitative estimate of drug-likeness (QED) is 0.756. The van der Waals surface area contributed by atoms with E-state index in [2.05, 4.69) is 5.32 Å². The SMILES string of the molecule is COc1ccc(CCC(=O)NCCc2ccc(C(=O)O)cc2)cc1Cl. The third-order valence-corrected chi connectivity index (χ3v) is 4.09. The van der Waals surface area contributed by atoms with E-state index in [1.807, 2.05) is 6.07 Å². The summed E-state index contributed by atoms with van der Waals surface area (Å²) >= 11 is 6.06. The summed E-state index contributed by atoms with van der Waals surface area (Å²) in [6.07, 6.45) is 1.63. The highest BCUT2D eigenvalue weighted by molar-refractivity contribution is 6.32. The van der Waals surface area contributed by atoms with Crippen molar-refractivity contribution in [2.75, 3.05) is 13.7 Å². The normalized spacial score (nSPS) is 10.3. The number of hydrogen-bond donors (Lipinski definition) is 2. The van der Waals surface area contributed by atoms with Gasteiger partial charge in [-0.15, -0.1) is 0 Å². The zero-order valence-corrected chi connectivity index (χ0v) is 14.7. The van der Waals surface area contributed by atoms with E-state index >= 15 is 0 Å². The van der Waals surface area contributed by atoms with Gasteiger partial charge in [0.2, 0.25) is 5.91 Å². The minimum atomic E-state index is -0.946. The molecule has 0 spiro atoms. The van der Waals surface area contributed by atoms with Crippen molar-refractivity contribution < 1.29 is 19.4 Å². The summed E-state index contributed by atoms with van der Waals surface area (Å²) in [5.74, 6) is -0.364. The number of aryl methyl sites for hydroxylation is 1. The van der Waals surface area contributed by atoms with Crippen LogP contribution in [0.1, 0.15) is 27.9 Å². The summed E-state index contributed by atoms with van der Waals surface area (Å²) in [6.45, 7) is 0.509. The van der Waals surface area contributed by atoms with E-state index in [-0.39, 0.29) is 11.5 Å². The lowest BCUT2D eigenvalue weighted by Gasteiger charge is -2.07. The maximum Gasteiger partial charge on any atom is 0.335 e. The summed E-state index contributed by atoms with van der Waals surface area (Å²) in [6, 6.07) is 12.1. The molecular formula is C19H20ClNO4. The number of rotatable bonds is 8. The fourth-order valence-electron chi connectivity index (χ4n) is 2.37. The van der Waals surface area contributed by atoms with E-state index in [4.69, 9.17) is 21.4 Å². The molecule has 0 bridgehead atoms. The fourth-order valence-corrected chi connectivity index (χ4v) is 2.65. The van der Waals surface area contributed by atoms with Crippen LogP contribution >= 0.6 is 11.6 Å². The van der Waals surface area contributed by atoms with Gasteiger partial charge in [-0.3, -0.25) is 4.79 Å². The van der Waals surface area contributed by atoms with Gasteiger partial charge in [-0.1, -0.05) is 29.8 Å². The highest BCUT2D eigenvalue weighted by atomic mass is 35.5. The first kappa shape index (κ1) is 18.8. The molecule has 132 valence electrons. The van der Waals surface area contributed by atoms with Gasteiger partial charge in [0, 0.05) is 13.0 Å². The van der Waals surface area contributed by atoms with Gasteiger partial charge in [0.15, 0.2) is 0 Å². The molecule has 0 saturated heterocycles. The number of carboxylic acids is 1. The van der Waals surface area contributed by atoms with Crippen molar-refractivity contribution >= 4 is 23.5 Å². The number of carbonyl (C=O) groups excluding carboxylic acids is 1. The number of carbonyl (C=O) groups is 2. The molecule has 1 amide bonds. The molecule has 2 rings (SSSR count). The lowest BCUT2D eigenvalue weighted by molar-refractivity contribution is -0.121. The standard InChI is InChI=1S/C19H20ClNO4/c1-25-17-8-4-14(12-16(17)20)5-9-18(22)21-11-10-13-2-6-15(7-3-13)19(23)24/h2-4,6-8,12H,5,9-11H2,1H3,(H,21,22)(H,23,24). The molecule has 0 unspecified atom stereocenters. The zero-order valence-electron chi connectivity index (χ0n) is 13.9. The van der Waals surface area contributed by atoms with Gasteiger partial charge in [0.05, 0.1) is 17.7 Å². The van der Waals surface area contributed by atoms with Crippen LogP contribution in [0.25, 0.3) is 0 Å². The summed E-state index contributed by atoms with van der Waals surface area (Å²) in [5, 5.41) is 12.2. The van der Waals surface area contributed by atoms with Crippen LogP contribution in [0.3, 0.4) is 0 Å². The average Bonchev–Trinajstić information content (AvgIpc) is 2.60. The van der Waals surface area contributed by atoms with Crippen LogP contribution < -0.4 is 10.1 Å². The largest absolute Gasteiger partial charge is 0.495 e. The van der Waals surface area contributed by atoms with Crippen molar-refractivity contribution in [3.8, 4) is 5.75 Å². The highest BCUT2D eigenvalue weighted by Crippen LogP contribution is 2.25. The van der Waals surface area contributed by atoms with Gasteiger partial charge >= 0.3 is 5.97 Å². The lowest BCUT2D eigenvalue weighted by atomic mass is 10.1. The minimum Gasteiger partial charge on any atom is -0.495 e. The van der Waals surface area contributed by atoms with Gasteiger partial charge in [-0.2, -0.15) is 0 Å². The molecular weight excluding hydrogens is 342 g/mol. The molecule has 0 radical (unpaired) electrons. The van der Waals surface area contributed by atoms with Crippen molar-refractivity contribution in [3.05, 3.63) is 64.2 Å². The second-order valence-corrected chi connectivity index (χ2v) is 5.98. The number of hydrogen-bond acceptors (Lipinski definition) is 3. The molecule has 0 fully saturated rings. The molecule has 2 aromatic carbocycles. The highest BCUT2D eigenvalue weighted by Gasteiger charge is 2.06. The Balaban J connectivity index is 1.73. The van der Waals surface area contributed by atoms with Gasteiger partial charge in [-0.25, -0.2) is 4.79 Å². The molecule has 5 nitrogen and oxygen atoms in total. The predicted octanol–water partition coefficient (Wildman–Crippen LogP) is 3.34. The van der Waals surface area contributed by atoms with Crippen molar-refractivity contribution in [1.82, 2.24) is 5.32 Å². The Hall–Kier alpha value is -2.53. The number of halogens is 1. The summed E-state index contributed by atoms with van der Waals surface area (Å²) in [4.78, 5) is 22.7. The van der Waals surface area contributed by atoms with Crippen LogP contribution in [0.5, 0.6) is 5.75 Å². The molecule has 25 heavy (non-hydrogen) atoms. The van der Waals surface area contributed by atoms with Crippen LogP contribution in [0.15, 0.2) is 42.5 Å². The molecule has 2 N–H and O–H groups in total. The summed E-state index contributed by atoms with van der Waals surface area (Å²) in [5.41, 5.74) is 2.21. The van der Waals surface area contributed by atoms with Gasteiger partial charge in [0.25, 0.3) is 0 Å². The van der Waals surface area contributed by atoms with Crippen molar-refractivity contribution in [3.63, 3.8) is 0 Å². The average molecular weight is 362 g/mol. The Kier molecular flexibility index (Phi) is 6.83. The zero-order chi connectivity index (χ0) is 18.2. The molecule has 0 aromatic heterocycles. The summed E-state index contributed by atoms with van der Waals surface area (Å²) in [7, 11) is 1.56. The number of amides is 1. The Morgan fingerprint density at radius 1 is 1.08 bits per heavy atom. The van der Waals surface area contributed by atoms with E-state index in [1.54, 1.807) is 43.5 Å².